The molecular weight excluding hydrogens is 545 g/mol. The number of hydrogen-bond acceptors (Lipinski definition) is 6. The summed E-state index contributed by atoms with van der Waals surface area (Å²) in [5, 5.41) is 2.20. The van der Waals surface area contributed by atoms with E-state index in [2.05, 4.69) is 19.9 Å². The van der Waals surface area contributed by atoms with Gasteiger partial charge in [-0.25, -0.2) is 9.97 Å². The first-order valence-electron chi connectivity index (χ1n) is 12.6. The van der Waals surface area contributed by atoms with Gasteiger partial charge in [-0.3, -0.25) is 19.6 Å². The van der Waals surface area contributed by atoms with Gasteiger partial charge < -0.3 is 9.80 Å². The number of nitrogens with zero attached hydrogens (tertiary/aromatic N) is 6. The van der Waals surface area contributed by atoms with E-state index < -0.39 is 22.9 Å². The molecule has 0 radical (unpaired) electrons. The van der Waals surface area contributed by atoms with Crippen LogP contribution in [0.25, 0.3) is 21.9 Å². The predicted octanol–water partition coefficient (Wildman–Crippen LogP) is 4.71. The van der Waals surface area contributed by atoms with Crippen LogP contribution < -0.4 is 4.90 Å². The van der Waals surface area contributed by atoms with Gasteiger partial charge in [0.1, 0.15) is 17.2 Å². The molecule has 5 heterocycles. The van der Waals surface area contributed by atoms with Gasteiger partial charge in [-0.15, -0.1) is 0 Å². The Morgan fingerprint density at radius 1 is 1.02 bits per heavy atom. The molecule has 1 aromatic carbocycles. The summed E-state index contributed by atoms with van der Waals surface area (Å²) >= 11 is 6.21. The second-order valence-corrected chi connectivity index (χ2v) is 11.0. The van der Waals surface area contributed by atoms with Gasteiger partial charge in [0.25, 0.3) is 0 Å². The maximum absolute atomic E-state index is 14.0. The maximum Gasteiger partial charge on any atom is 0.403 e. The summed E-state index contributed by atoms with van der Waals surface area (Å²) in [4.78, 5) is 46.8. The highest BCUT2D eigenvalue weighted by atomic mass is 35.5. The molecule has 3 aromatic heterocycles. The minimum absolute atomic E-state index is 0.0719. The summed E-state index contributed by atoms with van der Waals surface area (Å²) in [6, 6.07) is 7.14. The van der Waals surface area contributed by atoms with E-state index >= 15 is 0 Å². The Balaban J connectivity index is 1.26. The quantitative estimate of drug-likeness (QED) is 0.356. The predicted molar refractivity (Wildman–Crippen MR) is 139 cm³/mol. The van der Waals surface area contributed by atoms with Crippen molar-refractivity contribution in [2.45, 2.75) is 31.0 Å². The van der Waals surface area contributed by atoms with Crippen LogP contribution in [0.3, 0.4) is 0 Å². The van der Waals surface area contributed by atoms with E-state index in [1.165, 1.54) is 6.33 Å². The largest absolute Gasteiger partial charge is 0.403 e. The molecule has 8 nitrogen and oxygen atoms in total. The Bertz CT molecular complexity index is 1700. The molecular formula is C28H20ClF3N6O2. The van der Waals surface area contributed by atoms with Crippen molar-refractivity contribution in [3.05, 3.63) is 77.9 Å². The average molecular weight is 565 g/mol. The third kappa shape index (κ3) is 3.46. The smallest absolute Gasteiger partial charge is 0.339 e. The standard InChI is InChI=1S/C28H20ClF3N6O2/c29-18-1-2-19-16(7-18)10-36-21(23(19)17-8-34-15-35-9-17)12-38-22-11-33-6-3-20(22)26(24(38)39)13-37(14-26)25(40)27(4-5-27)28(30,31)32/h1-3,6-11,15H,4-5,12-14H2. The summed E-state index contributed by atoms with van der Waals surface area (Å²) in [6.07, 6.45) is 4.49. The molecule has 0 atom stereocenters. The van der Waals surface area contributed by atoms with Gasteiger partial charge in [-0.2, -0.15) is 13.2 Å². The highest BCUT2D eigenvalue weighted by Crippen LogP contribution is 2.60. The van der Waals surface area contributed by atoms with Crippen molar-refractivity contribution < 1.29 is 22.8 Å². The SMILES string of the molecule is O=C1N(Cc2ncc3cc(Cl)ccc3c2-c2cncnc2)c2cnccc2C12CN(C(=O)C1(C(F)(F)F)CC1)C2. The van der Waals surface area contributed by atoms with Crippen LogP contribution in [0.15, 0.2) is 61.6 Å². The van der Waals surface area contributed by atoms with Gasteiger partial charge in [0.05, 0.1) is 24.1 Å². The lowest BCUT2D eigenvalue weighted by Gasteiger charge is -2.48. The van der Waals surface area contributed by atoms with E-state index in [9.17, 15) is 22.8 Å². The van der Waals surface area contributed by atoms with E-state index in [1.54, 1.807) is 54.1 Å². The van der Waals surface area contributed by atoms with Crippen LogP contribution in [0.5, 0.6) is 0 Å². The van der Waals surface area contributed by atoms with Crippen LogP contribution >= 0.6 is 11.6 Å². The highest BCUT2D eigenvalue weighted by Gasteiger charge is 2.72. The second-order valence-electron chi connectivity index (χ2n) is 10.5. The molecule has 7 rings (SSSR count). The van der Waals surface area contributed by atoms with Gasteiger partial charge in [0.15, 0.2) is 0 Å². The molecule has 202 valence electrons. The van der Waals surface area contributed by atoms with Crippen molar-refractivity contribution >= 4 is 39.9 Å². The van der Waals surface area contributed by atoms with Gasteiger partial charge in [-0.1, -0.05) is 17.7 Å². The van der Waals surface area contributed by atoms with Crippen LogP contribution in [0.2, 0.25) is 5.02 Å². The van der Waals surface area contributed by atoms with E-state index in [4.69, 9.17) is 11.6 Å². The average Bonchev–Trinajstić information content (AvgIpc) is 3.70. The van der Waals surface area contributed by atoms with Crippen molar-refractivity contribution in [2.75, 3.05) is 18.0 Å². The first-order chi connectivity index (χ1) is 19.1. The molecule has 3 aliphatic rings. The summed E-state index contributed by atoms with van der Waals surface area (Å²) < 4.78 is 40.8. The Kier molecular flexibility index (Phi) is 5.25. The highest BCUT2D eigenvalue weighted by molar-refractivity contribution is 6.31. The molecule has 12 heteroatoms. The van der Waals surface area contributed by atoms with Crippen molar-refractivity contribution in [3.8, 4) is 11.1 Å². The van der Waals surface area contributed by atoms with Gasteiger partial charge in [0, 0.05) is 59.4 Å². The fourth-order valence-electron chi connectivity index (χ4n) is 6.00. The second kappa shape index (κ2) is 8.44. The Hall–Kier alpha value is -4.12. The molecule has 4 aromatic rings. The van der Waals surface area contributed by atoms with Crippen molar-refractivity contribution in [2.24, 2.45) is 5.41 Å². The molecule has 1 spiro atoms. The summed E-state index contributed by atoms with van der Waals surface area (Å²) in [6.45, 7) is -0.152. The lowest BCUT2D eigenvalue weighted by Crippen LogP contribution is -2.67. The Morgan fingerprint density at radius 3 is 2.48 bits per heavy atom. The van der Waals surface area contributed by atoms with E-state index in [-0.39, 0.29) is 38.4 Å². The number of halogens is 4. The van der Waals surface area contributed by atoms with Crippen LogP contribution in [0.4, 0.5) is 18.9 Å². The Labute approximate surface area is 230 Å². The number of hydrogen-bond donors (Lipinski definition) is 0. The molecule has 2 fully saturated rings. The lowest BCUT2D eigenvalue weighted by molar-refractivity contribution is -0.202. The molecule has 2 aliphatic heterocycles. The topological polar surface area (TPSA) is 92.2 Å². The van der Waals surface area contributed by atoms with Crippen LogP contribution in [0, 0.1) is 5.41 Å². The van der Waals surface area contributed by atoms with Crippen LogP contribution in [0.1, 0.15) is 24.1 Å². The zero-order valence-electron chi connectivity index (χ0n) is 20.8. The number of fused-ring (bicyclic) bond motifs is 3. The molecule has 2 amide bonds. The normalized spacial score (nSPS) is 18.6. The first kappa shape index (κ1) is 24.9. The molecule has 40 heavy (non-hydrogen) atoms. The van der Waals surface area contributed by atoms with Gasteiger partial charge >= 0.3 is 6.18 Å². The number of pyridine rings is 2. The van der Waals surface area contributed by atoms with E-state index in [1.807, 2.05) is 6.07 Å². The summed E-state index contributed by atoms with van der Waals surface area (Å²) in [5.41, 5.74) is -0.243. The molecule has 1 saturated carbocycles. The van der Waals surface area contributed by atoms with Gasteiger partial charge in [0.2, 0.25) is 11.8 Å². The number of benzene rings is 1. The maximum atomic E-state index is 14.0. The third-order valence-electron chi connectivity index (χ3n) is 8.26. The molecule has 1 aliphatic carbocycles. The fraction of sp³-hybridized carbons (Fsp3) is 0.286. The molecule has 0 unspecified atom stereocenters. The van der Waals surface area contributed by atoms with E-state index in [0.717, 1.165) is 21.2 Å². The zero-order valence-corrected chi connectivity index (χ0v) is 21.6. The summed E-state index contributed by atoms with van der Waals surface area (Å²) in [7, 11) is 0. The number of amides is 2. The number of carbonyl (C=O) groups is 2. The fourth-order valence-corrected chi connectivity index (χ4v) is 6.18. The number of rotatable bonds is 4. The van der Waals surface area contributed by atoms with Crippen LogP contribution in [-0.2, 0) is 21.5 Å². The van der Waals surface area contributed by atoms with Crippen molar-refractivity contribution in [1.29, 1.82) is 0 Å². The van der Waals surface area contributed by atoms with Crippen LogP contribution in [-0.4, -0.2) is 55.9 Å². The minimum atomic E-state index is -4.61. The number of alkyl halides is 3. The summed E-state index contributed by atoms with van der Waals surface area (Å²) in [5.74, 6) is -1.25. The molecule has 0 N–H and O–H groups in total. The zero-order chi connectivity index (χ0) is 27.9. The number of anilines is 1. The molecule has 1 saturated heterocycles. The van der Waals surface area contributed by atoms with Crippen molar-refractivity contribution in [1.82, 2.24) is 24.8 Å². The molecule has 0 bridgehead atoms. The van der Waals surface area contributed by atoms with Gasteiger partial charge in [-0.05, 0) is 42.0 Å². The lowest BCUT2D eigenvalue weighted by atomic mass is 9.74. The van der Waals surface area contributed by atoms with Crippen molar-refractivity contribution in [3.63, 3.8) is 0 Å². The first-order valence-corrected chi connectivity index (χ1v) is 13.0. The third-order valence-corrected chi connectivity index (χ3v) is 8.49. The minimum Gasteiger partial charge on any atom is -0.339 e. The number of likely N-dealkylation sites (tertiary alicyclic amines) is 1. The monoisotopic (exact) mass is 564 g/mol. The van der Waals surface area contributed by atoms with E-state index in [0.29, 0.717) is 27.5 Å². The Morgan fingerprint density at radius 2 is 1.77 bits per heavy atom. The number of aromatic nitrogens is 4. The number of carbonyl (C=O) groups excluding carboxylic acids is 2.